The second-order valence-corrected chi connectivity index (χ2v) is 7.79. The summed E-state index contributed by atoms with van der Waals surface area (Å²) in [5.41, 5.74) is 1.15. The van der Waals surface area contributed by atoms with Gasteiger partial charge in [-0.1, -0.05) is 13.3 Å². The standard InChI is InChI=1S/C20H31N5OS/c1-3-19-24-16(15-27-19)9-10-22-20(21-2)23-14-17(18-8-7-13-26-18)25-11-5-4-6-12-25/h7-8,13,15,17H,3-6,9-12,14H2,1-2H3,(H2,21,22,23). The third kappa shape index (κ3) is 5.81. The first-order valence-corrected chi connectivity index (χ1v) is 10.8. The molecule has 0 saturated carbocycles. The van der Waals surface area contributed by atoms with Crippen LogP contribution in [0.3, 0.4) is 0 Å². The lowest BCUT2D eigenvalue weighted by Gasteiger charge is -2.33. The van der Waals surface area contributed by atoms with Gasteiger partial charge in [0.05, 0.1) is 23.0 Å². The number of furan rings is 1. The van der Waals surface area contributed by atoms with E-state index in [1.165, 1.54) is 24.3 Å². The van der Waals surface area contributed by atoms with Gasteiger partial charge in [0, 0.05) is 31.9 Å². The minimum atomic E-state index is 0.240. The average molecular weight is 390 g/mol. The molecule has 1 atom stereocenters. The van der Waals surface area contributed by atoms with Gasteiger partial charge >= 0.3 is 0 Å². The van der Waals surface area contributed by atoms with Gasteiger partial charge in [-0.3, -0.25) is 9.89 Å². The molecular formula is C20H31N5OS. The quantitative estimate of drug-likeness (QED) is 0.536. The Morgan fingerprint density at radius 3 is 2.85 bits per heavy atom. The molecule has 3 rings (SSSR count). The molecule has 0 bridgehead atoms. The fraction of sp³-hybridized carbons (Fsp3) is 0.600. The summed E-state index contributed by atoms with van der Waals surface area (Å²) in [5, 5.41) is 10.2. The SMILES string of the molecule is CCc1nc(CCNC(=NC)NCC(c2ccco2)N2CCCCC2)cs1. The Morgan fingerprint density at radius 1 is 1.33 bits per heavy atom. The lowest BCUT2D eigenvalue weighted by Crippen LogP contribution is -2.44. The van der Waals surface area contributed by atoms with Crippen LogP contribution in [0.4, 0.5) is 0 Å². The van der Waals surface area contributed by atoms with E-state index in [4.69, 9.17) is 4.42 Å². The Balaban J connectivity index is 1.50. The zero-order chi connectivity index (χ0) is 18.9. The van der Waals surface area contributed by atoms with Crippen LogP contribution >= 0.6 is 11.3 Å². The molecule has 0 aliphatic carbocycles. The van der Waals surface area contributed by atoms with Crippen LogP contribution in [-0.2, 0) is 12.8 Å². The Hall–Kier alpha value is -1.86. The molecule has 148 valence electrons. The first-order valence-electron chi connectivity index (χ1n) is 9.95. The van der Waals surface area contributed by atoms with E-state index in [2.05, 4.69) is 43.9 Å². The van der Waals surface area contributed by atoms with Crippen molar-refractivity contribution < 1.29 is 4.42 Å². The van der Waals surface area contributed by atoms with E-state index < -0.39 is 0 Å². The molecule has 1 aliphatic heterocycles. The molecule has 0 aromatic carbocycles. The zero-order valence-electron chi connectivity index (χ0n) is 16.4. The maximum atomic E-state index is 5.72. The molecule has 1 unspecified atom stereocenters. The van der Waals surface area contributed by atoms with Gasteiger partial charge in [0.25, 0.3) is 0 Å². The highest BCUT2D eigenvalue weighted by Crippen LogP contribution is 2.24. The van der Waals surface area contributed by atoms with E-state index >= 15 is 0 Å². The molecule has 2 aromatic rings. The smallest absolute Gasteiger partial charge is 0.191 e. The second-order valence-electron chi connectivity index (χ2n) is 6.84. The number of hydrogen-bond donors (Lipinski definition) is 2. The van der Waals surface area contributed by atoms with Crippen LogP contribution < -0.4 is 10.6 Å². The minimum absolute atomic E-state index is 0.240. The molecule has 1 saturated heterocycles. The summed E-state index contributed by atoms with van der Waals surface area (Å²) in [6.45, 7) is 6.00. The molecule has 1 aliphatic rings. The van der Waals surface area contributed by atoms with Crippen molar-refractivity contribution in [2.75, 3.05) is 33.2 Å². The molecule has 2 aromatic heterocycles. The molecule has 0 amide bonds. The zero-order valence-corrected chi connectivity index (χ0v) is 17.2. The van der Waals surface area contributed by atoms with Gasteiger partial charge < -0.3 is 15.1 Å². The molecule has 3 heterocycles. The lowest BCUT2D eigenvalue weighted by atomic mass is 10.1. The summed E-state index contributed by atoms with van der Waals surface area (Å²) >= 11 is 1.74. The first kappa shape index (κ1) is 19.9. The molecule has 0 spiro atoms. The molecular weight excluding hydrogens is 358 g/mol. The summed E-state index contributed by atoms with van der Waals surface area (Å²) in [6, 6.07) is 4.28. The van der Waals surface area contributed by atoms with E-state index in [1.54, 1.807) is 17.6 Å². The summed E-state index contributed by atoms with van der Waals surface area (Å²) in [6.07, 6.45) is 7.53. The van der Waals surface area contributed by atoms with Crippen molar-refractivity contribution in [1.29, 1.82) is 0 Å². The van der Waals surface area contributed by atoms with Gasteiger partial charge in [-0.05, 0) is 44.5 Å². The maximum Gasteiger partial charge on any atom is 0.191 e. The maximum absolute atomic E-state index is 5.72. The van der Waals surface area contributed by atoms with Gasteiger partial charge in [0.1, 0.15) is 5.76 Å². The fourth-order valence-electron chi connectivity index (χ4n) is 3.47. The number of nitrogens with one attached hydrogen (secondary N) is 2. The van der Waals surface area contributed by atoms with E-state index in [-0.39, 0.29) is 6.04 Å². The van der Waals surface area contributed by atoms with Crippen LogP contribution in [0.5, 0.6) is 0 Å². The predicted octanol–water partition coefficient (Wildman–Crippen LogP) is 3.23. The number of aromatic nitrogens is 1. The highest BCUT2D eigenvalue weighted by atomic mass is 32.1. The van der Waals surface area contributed by atoms with E-state index in [9.17, 15) is 0 Å². The van der Waals surface area contributed by atoms with Crippen molar-refractivity contribution in [2.24, 2.45) is 4.99 Å². The topological polar surface area (TPSA) is 65.7 Å². The Bertz CT molecular complexity index is 691. The number of rotatable bonds is 8. The summed E-state index contributed by atoms with van der Waals surface area (Å²) in [7, 11) is 1.82. The first-order chi connectivity index (χ1) is 13.3. The Labute approximate surface area is 166 Å². The van der Waals surface area contributed by atoms with Crippen molar-refractivity contribution >= 4 is 17.3 Å². The molecule has 7 heteroatoms. The number of aliphatic imine (C=N–C) groups is 1. The third-order valence-corrected chi connectivity index (χ3v) is 6.01. The van der Waals surface area contributed by atoms with Crippen molar-refractivity contribution in [1.82, 2.24) is 20.5 Å². The monoisotopic (exact) mass is 389 g/mol. The molecule has 0 radical (unpaired) electrons. The van der Waals surface area contributed by atoms with E-state index in [1.807, 2.05) is 13.1 Å². The lowest BCUT2D eigenvalue weighted by molar-refractivity contribution is 0.146. The number of nitrogens with zero attached hydrogens (tertiary/aromatic N) is 3. The van der Waals surface area contributed by atoms with Crippen LogP contribution in [0.15, 0.2) is 33.2 Å². The van der Waals surface area contributed by atoms with Crippen LogP contribution in [0.2, 0.25) is 0 Å². The van der Waals surface area contributed by atoms with E-state index in [0.29, 0.717) is 0 Å². The van der Waals surface area contributed by atoms with Gasteiger partial charge in [-0.15, -0.1) is 11.3 Å². The van der Waals surface area contributed by atoms with Crippen molar-refractivity contribution in [3.8, 4) is 0 Å². The number of thiazole rings is 1. The normalized spacial score (nSPS) is 17.0. The van der Waals surface area contributed by atoms with Gasteiger partial charge in [-0.25, -0.2) is 4.98 Å². The van der Waals surface area contributed by atoms with Crippen LogP contribution in [-0.4, -0.2) is 49.1 Å². The van der Waals surface area contributed by atoms with Gasteiger partial charge in [0.15, 0.2) is 5.96 Å². The minimum Gasteiger partial charge on any atom is -0.468 e. The third-order valence-electron chi connectivity index (χ3n) is 4.96. The number of aryl methyl sites for hydroxylation is 1. The van der Waals surface area contributed by atoms with Crippen LogP contribution in [0.25, 0.3) is 0 Å². The van der Waals surface area contributed by atoms with Crippen LogP contribution in [0.1, 0.15) is 48.7 Å². The number of hydrogen-bond acceptors (Lipinski definition) is 5. The van der Waals surface area contributed by atoms with Gasteiger partial charge in [-0.2, -0.15) is 0 Å². The second kappa shape index (κ2) is 10.5. The average Bonchev–Trinajstić information content (AvgIpc) is 3.40. The molecule has 6 nitrogen and oxygen atoms in total. The highest BCUT2D eigenvalue weighted by molar-refractivity contribution is 7.09. The molecule has 1 fully saturated rings. The Morgan fingerprint density at radius 2 is 2.19 bits per heavy atom. The highest BCUT2D eigenvalue weighted by Gasteiger charge is 2.24. The fourth-order valence-corrected chi connectivity index (χ4v) is 4.25. The Kier molecular flexibility index (Phi) is 7.71. The van der Waals surface area contributed by atoms with Crippen LogP contribution in [0, 0.1) is 0 Å². The summed E-state index contributed by atoms with van der Waals surface area (Å²) in [5.74, 6) is 1.85. The summed E-state index contributed by atoms with van der Waals surface area (Å²) < 4.78 is 5.72. The largest absolute Gasteiger partial charge is 0.468 e. The van der Waals surface area contributed by atoms with Gasteiger partial charge in [0.2, 0.25) is 0 Å². The molecule has 27 heavy (non-hydrogen) atoms. The number of piperidine rings is 1. The van der Waals surface area contributed by atoms with Crippen molar-refractivity contribution in [3.63, 3.8) is 0 Å². The molecule has 2 N–H and O–H groups in total. The summed E-state index contributed by atoms with van der Waals surface area (Å²) in [4.78, 5) is 11.5. The van der Waals surface area contributed by atoms with Crippen molar-refractivity contribution in [2.45, 2.75) is 45.1 Å². The van der Waals surface area contributed by atoms with Crippen molar-refractivity contribution in [3.05, 3.63) is 40.2 Å². The predicted molar refractivity (Wildman–Crippen MR) is 111 cm³/mol. The number of likely N-dealkylation sites (tertiary alicyclic amines) is 1. The number of guanidine groups is 1. The van der Waals surface area contributed by atoms with E-state index in [0.717, 1.165) is 56.4 Å².